The number of fused-ring (bicyclic) bond motifs is 3. The Morgan fingerprint density at radius 3 is 2.38 bits per heavy atom. The van der Waals surface area contributed by atoms with Gasteiger partial charge in [0.1, 0.15) is 0 Å². The van der Waals surface area contributed by atoms with E-state index in [0.29, 0.717) is 6.04 Å². The van der Waals surface area contributed by atoms with Gasteiger partial charge in [-0.25, -0.2) is 4.79 Å². The number of hydrogen-bond donors (Lipinski definition) is 1. The summed E-state index contributed by atoms with van der Waals surface area (Å²) in [6.07, 6.45) is 1.31. The van der Waals surface area contributed by atoms with Gasteiger partial charge < -0.3 is 5.11 Å². The molecular formula is C20H20F3NO2. The van der Waals surface area contributed by atoms with E-state index >= 15 is 0 Å². The van der Waals surface area contributed by atoms with E-state index < -0.39 is 12.1 Å². The largest absolute Gasteiger partial charge is 0.490 e. The Balaban J connectivity index is 0.000000242. The molecule has 26 heavy (non-hydrogen) atoms. The van der Waals surface area contributed by atoms with Crippen LogP contribution in [0.2, 0.25) is 0 Å². The van der Waals surface area contributed by atoms with Crippen molar-refractivity contribution in [1.82, 2.24) is 4.90 Å². The molecule has 138 valence electrons. The highest BCUT2D eigenvalue weighted by molar-refractivity contribution is 5.86. The van der Waals surface area contributed by atoms with Gasteiger partial charge in [0.25, 0.3) is 0 Å². The number of alkyl halides is 3. The van der Waals surface area contributed by atoms with Crippen molar-refractivity contribution in [2.45, 2.75) is 37.5 Å². The molecule has 0 radical (unpaired) electrons. The summed E-state index contributed by atoms with van der Waals surface area (Å²) >= 11 is 0. The average Bonchev–Trinajstić information content (AvgIpc) is 2.82. The molecular weight excluding hydrogens is 343 g/mol. The zero-order valence-corrected chi connectivity index (χ0v) is 14.3. The summed E-state index contributed by atoms with van der Waals surface area (Å²) in [7, 11) is 2.27. The number of nitrogens with zero attached hydrogens (tertiary/aromatic N) is 1. The molecule has 2 bridgehead atoms. The summed E-state index contributed by atoms with van der Waals surface area (Å²) < 4.78 is 31.7. The van der Waals surface area contributed by atoms with Crippen LogP contribution in [0.1, 0.15) is 24.8 Å². The van der Waals surface area contributed by atoms with Crippen molar-refractivity contribution < 1.29 is 23.1 Å². The molecule has 2 aliphatic heterocycles. The average molecular weight is 363 g/mol. The Bertz CT molecular complexity index is 844. The van der Waals surface area contributed by atoms with E-state index in [4.69, 9.17) is 9.90 Å². The number of carbonyl (C=O) groups is 1. The third-order valence-corrected chi connectivity index (χ3v) is 5.11. The third kappa shape index (κ3) is 3.90. The molecule has 0 saturated carbocycles. The van der Waals surface area contributed by atoms with Crippen LogP contribution in [0.3, 0.4) is 0 Å². The Labute approximate surface area is 149 Å². The standard InChI is InChI=1S/C18H19N.C2HF3O2/c1-19-17-8-9-18(19)12-16(11-17)15-7-6-13-4-2-3-5-14(13)10-15;3-2(4,5)1(6)7/h2-7,10-11,17-18H,8-9,12H2,1H3;(H,6,7). The van der Waals surface area contributed by atoms with E-state index in [1.165, 1.54) is 35.6 Å². The number of aliphatic carboxylic acids is 1. The van der Waals surface area contributed by atoms with E-state index in [2.05, 4.69) is 60.5 Å². The normalized spacial score (nSPS) is 22.5. The lowest BCUT2D eigenvalue weighted by atomic mass is 9.93. The summed E-state index contributed by atoms with van der Waals surface area (Å²) in [5.74, 6) is -2.76. The minimum atomic E-state index is -5.08. The quantitative estimate of drug-likeness (QED) is 0.797. The molecule has 2 atom stereocenters. The first-order valence-corrected chi connectivity index (χ1v) is 8.47. The van der Waals surface area contributed by atoms with Crippen LogP contribution in [0.5, 0.6) is 0 Å². The number of halogens is 3. The second-order valence-corrected chi connectivity index (χ2v) is 6.72. The Kier molecular flexibility index (Phi) is 5.05. The second kappa shape index (κ2) is 7.11. The molecule has 2 aromatic carbocycles. The van der Waals surface area contributed by atoms with E-state index in [-0.39, 0.29) is 0 Å². The fourth-order valence-corrected chi connectivity index (χ4v) is 3.65. The van der Waals surface area contributed by atoms with Gasteiger partial charge in [-0.1, -0.05) is 42.5 Å². The lowest BCUT2D eigenvalue weighted by Crippen LogP contribution is -2.34. The molecule has 2 aromatic rings. The van der Waals surface area contributed by atoms with Crippen molar-refractivity contribution >= 4 is 22.3 Å². The van der Waals surface area contributed by atoms with Crippen molar-refractivity contribution in [1.29, 1.82) is 0 Å². The van der Waals surface area contributed by atoms with Crippen molar-refractivity contribution in [3.05, 3.63) is 54.1 Å². The van der Waals surface area contributed by atoms with Gasteiger partial charge >= 0.3 is 12.1 Å². The molecule has 6 heteroatoms. The lowest BCUT2D eigenvalue weighted by Gasteiger charge is -2.30. The third-order valence-electron chi connectivity index (χ3n) is 5.11. The van der Waals surface area contributed by atoms with Crippen molar-refractivity contribution in [2.24, 2.45) is 0 Å². The van der Waals surface area contributed by atoms with Crippen LogP contribution in [-0.2, 0) is 4.79 Å². The fourth-order valence-electron chi connectivity index (χ4n) is 3.65. The monoisotopic (exact) mass is 363 g/mol. The van der Waals surface area contributed by atoms with Crippen LogP contribution < -0.4 is 0 Å². The number of likely N-dealkylation sites (N-methyl/N-ethyl adjacent to an activating group) is 1. The number of carboxylic acid groups (broad SMARTS) is 1. The molecule has 0 amide bonds. The zero-order valence-electron chi connectivity index (χ0n) is 14.3. The van der Waals surface area contributed by atoms with Crippen molar-refractivity contribution in [3.8, 4) is 0 Å². The molecule has 4 rings (SSSR count). The van der Waals surface area contributed by atoms with Gasteiger partial charge in [-0.05, 0) is 54.3 Å². The molecule has 1 saturated heterocycles. The van der Waals surface area contributed by atoms with Crippen LogP contribution in [0.4, 0.5) is 13.2 Å². The number of carboxylic acids is 1. The summed E-state index contributed by atoms with van der Waals surface area (Å²) in [6.45, 7) is 0. The first kappa shape index (κ1) is 18.5. The summed E-state index contributed by atoms with van der Waals surface area (Å²) in [5.41, 5.74) is 2.97. The fraction of sp³-hybridized carbons (Fsp3) is 0.350. The predicted molar refractivity (Wildman–Crippen MR) is 94.8 cm³/mol. The number of rotatable bonds is 1. The van der Waals surface area contributed by atoms with Crippen LogP contribution >= 0.6 is 0 Å². The van der Waals surface area contributed by atoms with Crippen LogP contribution in [-0.4, -0.2) is 41.3 Å². The molecule has 0 aromatic heterocycles. The zero-order chi connectivity index (χ0) is 18.9. The van der Waals surface area contributed by atoms with Gasteiger partial charge in [0, 0.05) is 12.1 Å². The van der Waals surface area contributed by atoms with Gasteiger partial charge in [0.2, 0.25) is 0 Å². The molecule has 1 N–H and O–H groups in total. The Morgan fingerprint density at radius 1 is 1.12 bits per heavy atom. The lowest BCUT2D eigenvalue weighted by molar-refractivity contribution is -0.192. The van der Waals surface area contributed by atoms with Gasteiger partial charge in [-0.15, -0.1) is 0 Å². The van der Waals surface area contributed by atoms with Crippen LogP contribution in [0, 0.1) is 0 Å². The molecule has 2 heterocycles. The van der Waals surface area contributed by atoms with Crippen LogP contribution in [0.15, 0.2) is 48.5 Å². The number of hydrogen-bond acceptors (Lipinski definition) is 2. The van der Waals surface area contributed by atoms with E-state index in [1.54, 1.807) is 5.57 Å². The summed E-state index contributed by atoms with van der Waals surface area (Å²) in [6, 6.07) is 17.0. The van der Waals surface area contributed by atoms with Gasteiger partial charge in [0.15, 0.2) is 0 Å². The minimum absolute atomic E-state index is 0.667. The first-order valence-electron chi connectivity index (χ1n) is 8.47. The van der Waals surface area contributed by atoms with E-state index in [0.717, 1.165) is 6.04 Å². The molecule has 3 nitrogen and oxygen atoms in total. The Morgan fingerprint density at radius 2 is 1.77 bits per heavy atom. The topological polar surface area (TPSA) is 40.5 Å². The van der Waals surface area contributed by atoms with Gasteiger partial charge in [-0.3, -0.25) is 4.90 Å². The smallest absolute Gasteiger partial charge is 0.475 e. The second-order valence-electron chi connectivity index (χ2n) is 6.72. The molecule has 0 spiro atoms. The summed E-state index contributed by atoms with van der Waals surface area (Å²) in [5, 5.41) is 9.81. The molecule has 2 unspecified atom stereocenters. The van der Waals surface area contributed by atoms with Gasteiger partial charge in [0.05, 0.1) is 0 Å². The maximum atomic E-state index is 10.6. The maximum absolute atomic E-state index is 10.6. The van der Waals surface area contributed by atoms with E-state index in [9.17, 15) is 13.2 Å². The van der Waals surface area contributed by atoms with E-state index in [1.807, 2.05) is 0 Å². The molecule has 2 aliphatic rings. The SMILES string of the molecule is CN1C2C=C(c3ccc4ccccc4c3)CC1CC2.O=C(O)C(F)(F)F. The highest BCUT2D eigenvalue weighted by atomic mass is 19.4. The van der Waals surface area contributed by atoms with Crippen LogP contribution in [0.25, 0.3) is 16.3 Å². The minimum Gasteiger partial charge on any atom is -0.475 e. The molecule has 1 fully saturated rings. The number of benzene rings is 2. The van der Waals surface area contributed by atoms with Crippen molar-refractivity contribution in [2.75, 3.05) is 7.05 Å². The maximum Gasteiger partial charge on any atom is 0.490 e. The first-order chi connectivity index (χ1) is 12.3. The van der Waals surface area contributed by atoms with Crippen molar-refractivity contribution in [3.63, 3.8) is 0 Å². The predicted octanol–water partition coefficient (Wildman–Crippen LogP) is 4.72. The molecule has 0 aliphatic carbocycles. The Hall–Kier alpha value is -2.34. The highest BCUT2D eigenvalue weighted by Crippen LogP contribution is 2.37. The highest BCUT2D eigenvalue weighted by Gasteiger charge is 2.38. The summed E-state index contributed by atoms with van der Waals surface area (Å²) in [4.78, 5) is 11.4. The van der Waals surface area contributed by atoms with Gasteiger partial charge in [-0.2, -0.15) is 13.2 Å².